The Morgan fingerprint density at radius 1 is 0.778 bits per heavy atom. The van der Waals surface area contributed by atoms with Crippen molar-refractivity contribution in [3.8, 4) is 0 Å². The van der Waals surface area contributed by atoms with Gasteiger partial charge in [-0.15, -0.1) is 0 Å². The molecule has 0 aromatic rings. The van der Waals surface area contributed by atoms with Gasteiger partial charge in [-0.1, -0.05) is 47.9 Å². The number of hydrogen-bond donors (Lipinski definition) is 0. The van der Waals surface area contributed by atoms with E-state index in [9.17, 15) is 0 Å². The van der Waals surface area contributed by atoms with Crippen molar-refractivity contribution in [1.82, 2.24) is 0 Å². The fraction of sp³-hybridized carbons (Fsp3) is 1.00. The number of hydrogen-bond acceptors (Lipinski definition) is 1. The van der Waals surface area contributed by atoms with Crippen LogP contribution in [0.25, 0.3) is 0 Å². The third-order valence-electron chi connectivity index (χ3n) is 3.86. The standard InChI is InChI=1S/C15H34NO.BH4/c1-6-11-13-15(14-12-7-2)17-16(8-3,9-4)10-5;/h15H,6-14H2,1-5H3;1H4/q+1;-1. The molecule has 0 N–H and O–H groups in total. The Morgan fingerprint density at radius 2 is 1.17 bits per heavy atom. The van der Waals surface area contributed by atoms with Crippen molar-refractivity contribution < 1.29 is 9.48 Å². The van der Waals surface area contributed by atoms with Crippen LogP contribution in [0.15, 0.2) is 0 Å². The van der Waals surface area contributed by atoms with E-state index >= 15 is 0 Å². The van der Waals surface area contributed by atoms with Crippen LogP contribution in [0.4, 0.5) is 0 Å². The highest BCUT2D eigenvalue weighted by Gasteiger charge is 2.27. The third-order valence-corrected chi connectivity index (χ3v) is 3.86. The molecule has 0 aliphatic heterocycles. The minimum absolute atomic E-state index is 0. The number of rotatable bonds is 11. The zero-order chi connectivity index (χ0) is 13.1. The van der Waals surface area contributed by atoms with E-state index in [1.165, 1.54) is 38.5 Å². The lowest BCUT2D eigenvalue weighted by atomic mass is 10.1. The molecule has 0 radical (unpaired) electrons. The summed E-state index contributed by atoms with van der Waals surface area (Å²) in [5.41, 5.74) is 0. The van der Waals surface area contributed by atoms with Gasteiger partial charge in [0.25, 0.3) is 0 Å². The van der Waals surface area contributed by atoms with Gasteiger partial charge < -0.3 is 0 Å². The lowest BCUT2D eigenvalue weighted by Gasteiger charge is -2.36. The smallest absolute Gasteiger partial charge is 0.117 e. The second-order valence-corrected chi connectivity index (χ2v) is 5.02. The molecule has 0 saturated carbocycles. The monoisotopic (exact) mass is 259 g/mol. The van der Waals surface area contributed by atoms with E-state index in [4.69, 9.17) is 4.84 Å². The van der Waals surface area contributed by atoms with E-state index in [-0.39, 0.29) is 8.41 Å². The van der Waals surface area contributed by atoms with Gasteiger partial charge in [-0.2, -0.15) is 9.48 Å². The number of quaternary nitrogens is 1. The molecule has 112 valence electrons. The Labute approximate surface area is 117 Å². The predicted octanol–water partition coefficient (Wildman–Crippen LogP) is 3.09. The molecule has 0 atom stereocenters. The van der Waals surface area contributed by atoms with Crippen LogP contribution in [0.3, 0.4) is 0 Å². The summed E-state index contributed by atoms with van der Waals surface area (Å²) in [7, 11) is 0. The molecule has 0 rings (SSSR count). The molecule has 3 heteroatoms. The van der Waals surface area contributed by atoms with Crippen LogP contribution in [0.1, 0.15) is 73.1 Å². The zero-order valence-electron chi connectivity index (χ0n) is 12.8. The summed E-state index contributed by atoms with van der Waals surface area (Å²) in [5.74, 6) is 0. The number of unbranched alkanes of at least 4 members (excludes halogenated alkanes) is 2. The molecule has 0 saturated heterocycles. The third kappa shape index (κ3) is 7.43. The second kappa shape index (κ2) is 12.0. The lowest BCUT2D eigenvalue weighted by Crippen LogP contribution is -2.49. The van der Waals surface area contributed by atoms with E-state index in [2.05, 4.69) is 34.6 Å². The molecule has 0 aromatic carbocycles. The Bertz CT molecular complexity index is 156. The van der Waals surface area contributed by atoms with Crippen LogP contribution in [0.5, 0.6) is 0 Å². The van der Waals surface area contributed by atoms with Crippen LogP contribution in [-0.2, 0) is 4.84 Å². The summed E-state index contributed by atoms with van der Waals surface area (Å²) in [4.78, 5) is 6.43. The molecule has 0 bridgehead atoms. The summed E-state index contributed by atoms with van der Waals surface area (Å²) < 4.78 is 0.831. The van der Waals surface area contributed by atoms with Crippen molar-refractivity contribution in [2.75, 3.05) is 19.6 Å². The highest BCUT2D eigenvalue weighted by molar-refractivity contribution is 5.75. The summed E-state index contributed by atoms with van der Waals surface area (Å²) in [5, 5.41) is 0. The van der Waals surface area contributed by atoms with Crippen LogP contribution in [0, 0.1) is 0 Å². The fourth-order valence-electron chi connectivity index (χ4n) is 2.32. The zero-order valence-corrected chi connectivity index (χ0v) is 12.8. The van der Waals surface area contributed by atoms with E-state index in [0.717, 1.165) is 24.3 Å². The molecule has 18 heavy (non-hydrogen) atoms. The minimum atomic E-state index is 0. The topological polar surface area (TPSA) is 9.23 Å². The van der Waals surface area contributed by atoms with Crippen molar-refractivity contribution in [3.05, 3.63) is 0 Å². The molecule has 0 spiro atoms. The Morgan fingerprint density at radius 3 is 1.44 bits per heavy atom. The number of nitrogens with zero attached hydrogens (tertiary/aromatic N) is 1. The minimum Gasteiger partial charge on any atom is -0.200 e. The maximum Gasteiger partial charge on any atom is 0.117 e. The molecule has 0 aromatic heterocycles. The first-order chi connectivity index (χ1) is 8.17. The molecular formula is C15H38BNO. The first-order valence-corrected chi connectivity index (χ1v) is 7.72. The average molecular weight is 259 g/mol. The van der Waals surface area contributed by atoms with E-state index in [0.29, 0.717) is 6.10 Å². The fourth-order valence-corrected chi connectivity index (χ4v) is 2.32. The molecule has 2 nitrogen and oxygen atoms in total. The van der Waals surface area contributed by atoms with Crippen molar-refractivity contribution in [1.29, 1.82) is 0 Å². The molecule has 0 unspecified atom stereocenters. The molecule has 0 aliphatic carbocycles. The Hall–Kier alpha value is -0.0151. The Kier molecular flexibility index (Phi) is 13.6. The quantitative estimate of drug-likeness (QED) is 0.315. The normalized spacial score (nSPS) is 11.7. The average Bonchev–Trinajstić information content (AvgIpc) is 2.38. The van der Waals surface area contributed by atoms with Gasteiger partial charge in [-0.3, -0.25) is 0 Å². The van der Waals surface area contributed by atoms with Crippen molar-refractivity contribution in [2.24, 2.45) is 0 Å². The van der Waals surface area contributed by atoms with Gasteiger partial charge in [0, 0.05) is 0 Å². The highest BCUT2D eigenvalue weighted by Crippen LogP contribution is 2.19. The largest absolute Gasteiger partial charge is 0.200 e. The van der Waals surface area contributed by atoms with Crippen LogP contribution < -0.4 is 0 Å². The summed E-state index contributed by atoms with van der Waals surface area (Å²) in [6, 6.07) is 0. The van der Waals surface area contributed by atoms with E-state index in [1.807, 2.05) is 0 Å². The molecular weight excluding hydrogens is 221 g/mol. The van der Waals surface area contributed by atoms with Gasteiger partial charge in [0.15, 0.2) is 0 Å². The maximum atomic E-state index is 6.43. The Balaban J connectivity index is 0. The van der Waals surface area contributed by atoms with Crippen molar-refractivity contribution in [2.45, 2.75) is 79.2 Å². The molecule has 0 fully saturated rings. The van der Waals surface area contributed by atoms with Crippen LogP contribution >= 0.6 is 0 Å². The summed E-state index contributed by atoms with van der Waals surface area (Å²) in [6.07, 6.45) is 8.08. The van der Waals surface area contributed by atoms with Crippen LogP contribution in [-0.4, -0.2) is 38.8 Å². The molecule has 0 aliphatic rings. The van der Waals surface area contributed by atoms with Gasteiger partial charge in [-0.05, 0) is 33.6 Å². The maximum absolute atomic E-state index is 6.43. The van der Waals surface area contributed by atoms with Gasteiger partial charge >= 0.3 is 0 Å². The summed E-state index contributed by atoms with van der Waals surface area (Å²) >= 11 is 0. The first kappa shape index (κ1) is 20.3. The van der Waals surface area contributed by atoms with Gasteiger partial charge in [-0.25, -0.2) is 0 Å². The predicted molar refractivity (Wildman–Crippen MR) is 87.1 cm³/mol. The molecule has 0 amide bonds. The highest BCUT2D eigenvalue weighted by atomic mass is 16.7. The van der Waals surface area contributed by atoms with E-state index < -0.39 is 0 Å². The SMILES string of the molecule is CCCCC(CCCC)O[N+](CC)(CC)CC.[BH4-]. The van der Waals surface area contributed by atoms with Gasteiger partial charge in [0.05, 0.1) is 0 Å². The second-order valence-electron chi connectivity index (χ2n) is 5.02. The van der Waals surface area contributed by atoms with Crippen molar-refractivity contribution in [3.63, 3.8) is 0 Å². The molecule has 0 heterocycles. The number of hydroxylamine groups is 3. The summed E-state index contributed by atoms with van der Waals surface area (Å²) in [6.45, 7) is 14.5. The van der Waals surface area contributed by atoms with Crippen molar-refractivity contribution >= 4 is 8.41 Å². The van der Waals surface area contributed by atoms with Gasteiger partial charge in [0.1, 0.15) is 25.7 Å². The first-order valence-electron chi connectivity index (χ1n) is 7.72. The van der Waals surface area contributed by atoms with Gasteiger partial charge in [0.2, 0.25) is 0 Å². The van der Waals surface area contributed by atoms with Crippen LogP contribution in [0.2, 0.25) is 0 Å². The lowest BCUT2D eigenvalue weighted by molar-refractivity contribution is -1.11. The van der Waals surface area contributed by atoms with E-state index in [1.54, 1.807) is 0 Å².